The highest BCUT2D eigenvalue weighted by atomic mass is 16.6. The van der Waals surface area contributed by atoms with Crippen LogP contribution in [0, 0.1) is 0 Å². The van der Waals surface area contributed by atoms with Gasteiger partial charge >= 0.3 is 11.9 Å². The number of esters is 1. The van der Waals surface area contributed by atoms with Gasteiger partial charge in [0.05, 0.1) is 90.3 Å². The number of benzene rings is 12. The average molecular weight is 2020 g/mol. The smallest absolute Gasteiger partial charge is 0.337 e. The van der Waals surface area contributed by atoms with Crippen LogP contribution in [0.25, 0.3) is 45.8 Å². The van der Waals surface area contributed by atoms with E-state index >= 15 is 0 Å². The Morgan fingerprint density at radius 3 is 1.13 bits per heavy atom. The summed E-state index contributed by atoms with van der Waals surface area (Å²) in [5.74, 6) is 8.38. The first-order chi connectivity index (χ1) is 71.8. The predicted molar refractivity (Wildman–Crippen MR) is 567 cm³/mol. The Morgan fingerprint density at radius 1 is 0.369 bits per heavy atom. The number of aliphatic hydroxyl groups is 1. The fourth-order valence-electron chi connectivity index (χ4n) is 20.6. The highest BCUT2D eigenvalue weighted by Gasteiger charge is 2.55. The maximum Gasteiger partial charge on any atom is 0.337 e. The van der Waals surface area contributed by atoms with Gasteiger partial charge in [0.1, 0.15) is 45.9 Å². The van der Waals surface area contributed by atoms with Gasteiger partial charge in [-0.15, -0.1) is 20.4 Å². The zero-order chi connectivity index (χ0) is 105. The number of methoxy groups -OCH3 is 6. The molecular formula is C119H130N12O18. The Morgan fingerprint density at radius 2 is 0.711 bits per heavy atom. The predicted octanol–water partition coefficient (Wildman–Crippen LogP) is 18.4. The number of carboxylic acids is 1. The van der Waals surface area contributed by atoms with Gasteiger partial charge in [-0.3, -0.25) is 45.4 Å². The molecule has 7 aliphatic rings. The molecule has 3 spiro atoms. The van der Waals surface area contributed by atoms with Crippen molar-refractivity contribution < 1.29 is 85.7 Å². The van der Waals surface area contributed by atoms with Gasteiger partial charge in [0.15, 0.2) is 0 Å². The number of aryl methyl sites for hydroxylation is 4. The van der Waals surface area contributed by atoms with E-state index in [0.717, 1.165) is 148 Å². The van der Waals surface area contributed by atoms with E-state index in [1.165, 1.54) is 62.7 Å². The van der Waals surface area contributed by atoms with Crippen LogP contribution < -0.4 is 51.5 Å². The van der Waals surface area contributed by atoms with E-state index in [-0.39, 0.29) is 58.2 Å². The molecule has 21 rings (SSSR count). The molecule has 5 heterocycles. The molecule has 774 valence electrons. The van der Waals surface area contributed by atoms with Gasteiger partial charge in [-0.1, -0.05) is 115 Å². The molecule has 3 amide bonds. The van der Waals surface area contributed by atoms with Gasteiger partial charge in [-0.25, -0.2) is 15.4 Å². The second-order valence-corrected chi connectivity index (χ2v) is 39.9. The molecule has 0 radical (unpaired) electrons. The molecule has 4 atom stereocenters. The quantitative estimate of drug-likeness (QED) is 0.0152. The molecule has 0 bridgehead atoms. The Bertz CT molecular complexity index is 6900. The van der Waals surface area contributed by atoms with Crippen LogP contribution in [0.1, 0.15) is 180 Å². The lowest BCUT2D eigenvalue weighted by atomic mass is 9.76. The number of aliphatic hydroxyl groups excluding tert-OH is 1. The number of nitrogen functional groups attached to an aromatic ring is 1. The fourth-order valence-corrected chi connectivity index (χ4v) is 20.6. The Kier molecular flexibility index (Phi) is 33.6. The van der Waals surface area contributed by atoms with Crippen LogP contribution in [0.5, 0.6) is 28.7 Å². The molecular weight excluding hydrogens is 1890 g/mol. The molecule has 30 nitrogen and oxygen atoms in total. The summed E-state index contributed by atoms with van der Waals surface area (Å²) in [4.78, 5) is 65.7. The molecule has 9 N–H and O–H groups in total. The number of fused-ring (bicyclic) bond motifs is 4. The number of hydrogen-bond acceptors (Lipinski definition) is 26. The Hall–Kier alpha value is -15.1. The third-order valence-electron chi connectivity index (χ3n) is 29.0. The molecule has 2 aromatic heterocycles. The van der Waals surface area contributed by atoms with E-state index in [4.69, 9.17) is 58.3 Å². The van der Waals surface area contributed by atoms with Crippen LogP contribution in [0.4, 0.5) is 0 Å². The van der Waals surface area contributed by atoms with Crippen molar-refractivity contribution in [3.05, 3.63) is 374 Å². The summed E-state index contributed by atoms with van der Waals surface area (Å²) < 4.78 is 61.1. The van der Waals surface area contributed by atoms with E-state index in [2.05, 4.69) is 195 Å². The minimum Gasteiger partial charge on any atom is -0.497 e. The number of ether oxygens (including phenoxy) is 9. The zero-order valence-electron chi connectivity index (χ0n) is 86.3. The van der Waals surface area contributed by atoms with Crippen molar-refractivity contribution in [1.82, 2.24) is 51.4 Å². The van der Waals surface area contributed by atoms with Gasteiger partial charge in [-0.05, 0) is 343 Å². The molecule has 30 heteroatoms. The molecule has 14 aromatic rings. The Balaban J connectivity index is 0.000000133. The summed E-state index contributed by atoms with van der Waals surface area (Å²) in [5.41, 5.74) is 31.2. The lowest BCUT2D eigenvalue weighted by Gasteiger charge is -2.45. The first kappa shape index (κ1) is 107. The first-order valence-corrected chi connectivity index (χ1v) is 49.9. The number of nitrogens with zero attached hydrogens (tertiary/aromatic N) is 7. The summed E-state index contributed by atoms with van der Waals surface area (Å²) >= 11 is 0. The van der Waals surface area contributed by atoms with Crippen molar-refractivity contribution in [3.8, 4) is 74.6 Å². The number of hydrazine groups is 2. The number of carboxylic acid groups (broad SMARTS) is 1. The number of hydrogen-bond donors (Lipinski definition) is 7. The minimum atomic E-state index is -0.857. The number of aromatic nitrogens is 4. The molecule has 3 fully saturated rings. The van der Waals surface area contributed by atoms with Crippen molar-refractivity contribution in [2.24, 2.45) is 11.6 Å². The second kappa shape index (κ2) is 47.0. The van der Waals surface area contributed by atoms with Crippen LogP contribution in [-0.4, -0.2) is 183 Å². The van der Waals surface area contributed by atoms with Gasteiger partial charge in [0.2, 0.25) is 23.6 Å². The van der Waals surface area contributed by atoms with Crippen molar-refractivity contribution in [2.75, 3.05) is 69.0 Å². The molecule has 4 unspecified atom stereocenters. The van der Waals surface area contributed by atoms with E-state index in [9.17, 15) is 34.2 Å². The lowest BCUT2D eigenvalue weighted by Crippen LogP contribution is -2.54. The van der Waals surface area contributed by atoms with E-state index < -0.39 is 17.4 Å². The lowest BCUT2D eigenvalue weighted by molar-refractivity contribution is -0.123. The summed E-state index contributed by atoms with van der Waals surface area (Å²) in [5, 5.41) is 35.7. The number of amides is 3. The number of carbonyl (C=O) groups excluding carboxylic acids is 4. The third kappa shape index (κ3) is 25.7. The van der Waals surface area contributed by atoms with Gasteiger partial charge < -0.3 is 67.4 Å². The highest BCUT2D eigenvalue weighted by molar-refractivity contribution is 5.99. The van der Waals surface area contributed by atoms with Crippen LogP contribution >= 0.6 is 0 Å². The maximum absolute atomic E-state index is 12.7. The molecule has 4 aliphatic carbocycles. The highest BCUT2D eigenvalue weighted by Crippen LogP contribution is 2.49. The number of nitrogens with one attached hydrogen (secondary N) is 3. The van der Waals surface area contributed by atoms with E-state index in [1.54, 1.807) is 114 Å². The van der Waals surface area contributed by atoms with Crippen molar-refractivity contribution in [2.45, 2.75) is 178 Å². The number of nitrogens with two attached hydrogens (primary N) is 2. The molecule has 3 saturated heterocycles. The van der Waals surface area contributed by atoms with Gasteiger partial charge in [0, 0.05) is 77.1 Å². The van der Waals surface area contributed by atoms with E-state index in [0.29, 0.717) is 75.9 Å². The van der Waals surface area contributed by atoms with Crippen molar-refractivity contribution in [1.29, 1.82) is 0 Å². The number of aromatic carboxylic acids is 1. The largest absolute Gasteiger partial charge is 0.497 e. The Labute approximate surface area is 868 Å². The third-order valence-corrected chi connectivity index (χ3v) is 29.0. The van der Waals surface area contributed by atoms with Crippen LogP contribution in [0.3, 0.4) is 0 Å². The van der Waals surface area contributed by atoms with Crippen LogP contribution in [0.2, 0.25) is 0 Å². The first-order valence-electron chi connectivity index (χ1n) is 49.9. The maximum atomic E-state index is 12.7. The standard InChI is InChI=1S/C30H33N3O4.C30H31N3O3.C22H25NO3.C20H21N3O3.C9H10O3.C8H10N2O2/c1-29(2)33(19-21-7-5-4-6-8-21)20-30(37-29)16-15-23-17-24(9-10-25(23)18-30)28(35)32-31-27(34)22-11-13-26(36-3)14-12-22;1-29(2)33(19-21-7-5-4-6-8-21)30(20-35-29)16-15-23-17-24(9-10-25(23)18-30)28-32-31-27(36-28)22-11-13-26(34-3)14-12-22;1-21(2)23(14-16-6-4-3-5-7-16)22(15-26-21)11-10-17-12-18(20(24)25)8-9-19(17)13-22;1-25-17-6-4-13(5-7-17)18-22-23-19(26-18)15-2-3-16-11-20(21,12-24)9-8-14(16)10-15;1-11-8-5-3-7(4-6-8)9(10)12-2;1-12-7-4-2-6(3-5-7)8(11)10-9/h4-14,17H,15-16,18-20H2,1-3H3,(H,31,34)(H,32,35);4-14,17H,15-16,18-20H2,1-3H3;3-9,12H,10-11,13-15H2,1-2H3,(H,24,25);2-7,10,24H,8-9,11-12,21H2,1H3;3-6H,1-2H3;2-5H,9H2,1H3,(H,10,11). The summed E-state index contributed by atoms with van der Waals surface area (Å²) in [6.45, 7) is 17.9. The van der Waals surface area contributed by atoms with E-state index in [1.807, 2.05) is 109 Å². The normalized spacial score (nSPS) is 19.2. The van der Waals surface area contributed by atoms with Crippen LogP contribution in [0.15, 0.2) is 294 Å². The average Bonchev–Trinajstić information content (AvgIpc) is 1.60. The summed E-state index contributed by atoms with van der Waals surface area (Å²) in [6.07, 6.45) is 10.6. The number of rotatable bonds is 21. The topological polar surface area (TPSA) is 385 Å². The molecule has 3 aliphatic heterocycles. The summed E-state index contributed by atoms with van der Waals surface area (Å²) in [7, 11) is 9.35. The number of carbonyl (C=O) groups is 5. The van der Waals surface area contributed by atoms with Gasteiger partial charge in [0.25, 0.3) is 17.7 Å². The van der Waals surface area contributed by atoms with Crippen molar-refractivity contribution in [3.63, 3.8) is 0 Å². The van der Waals surface area contributed by atoms with Crippen molar-refractivity contribution >= 4 is 29.7 Å². The molecule has 12 aromatic carbocycles. The summed E-state index contributed by atoms with van der Waals surface area (Å²) in [6, 6.07) is 90.9. The van der Waals surface area contributed by atoms with Gasteiger partial charge in [-0.2, -0.15) is 0 Å². The minimum absolute atomic E-state index is 0.000118. The van der Waals surface area contributed by atoms with Crippen LogP contribution in [-0.2, 0) is 89.9 Å². The fraction of sp³-hybridized carbons (Fsp3) is 0.319. The molecule has 0 saturated carbocycles. The zero-order valence-corrected chi connectivity index (χ0v) is 86.3. The monoisotopic (exact) mass is 2010 g/mol. The second-order valence-electron chi connectivity index (χ2n) is 39.9. The SMILES string of the molecule is CC1(C)OCC2(CCc3cc(C(=O)O)ccc3C2)N1Cc1ccccc1.COC(=O)c1ccc(OC)cc1.COc1ccc(-c2nnc(-c3ccc4c(c3)CCC(N)(CO)C4)o2)cc1.COc1ccc(-c2nnc(-c3ccc4c(c3)CCC3(COC(C)(C)N3Cc3ccccc3)C4)o2)cc1.COc1ccc(C(=O)NN)cc1.COc1ccc(C(=O)NNC(=O)c2ccc3c(c2)CCC2(C3)CN(Cc3ccccc3)C(C)(C)O2)cc1. The molecule has 149 heavy (non-hydrogen) atoms.